The van der Waals surface area contributed by atoms with Crippen LogP contribution in [0.4, 0.5) is 0 Å². The molecular weight excluding hydrogens is 284 g/mol. The predicted molar refractivity (Wildman–Crippen MR) is 88.8 cm³/mol. The molecule has 0 radical (unpaired) electrons. The summed E-state index contributed by atoms with van der Waals surface area (Å²) < 4.78 is 1.95. The highest BCUT2D eigenvalue weighted by atomic mass is 35.5. The predicted octanol–water partition coefficient (Wildman–Crippen LogP) is 2.99. The third-order valence-corrected chi connectivity index (χ3v) is 5.34. The number of nitrogens with one attached hydrogen (secondary N) is 1. The SMILES string of the molecule is CCc1nn(C)c(CN2CC(C)(C)NCC2(C)CC)c1Cl. The second-order valence-electron chi connectivity index (χ2n) is 7.13. The Morgan fingerprint density at radius 1 is 1.29 bits per heavy atom. The quantitative estimate of drug-likeness (QED) is 0.928. The van der Waals surface area contributed by atoms with E-state index in [4.69, 9.17) is 11.6 Å². The van der Waals surface area contributed by atoms with E-state index in [1.807, 2.05) is 11.7 Å². The largest absolute Gasteiger partial charge is 0.309 e. The van der Waals surface area contributed by atoms with E-state index in [9.17, 15) is 0 Å². The maximum absolute atomic E-state index is 6.53. The first kappa shape index (κ1) is 16.8. The summed E-state index contributed by atoms with van der Waals surface area (Å²) in [5, 5.41) is 9.05. The molecule has 0 aromatic carbocycles. The van der Waals surface area contributed by atoms with Crippen molar-refractivity contribution < 1.29 is 0 Å². The first-order valence-electron chi connectivity index (χ1n) is 7.93. The van der Waals surface area contributed by atoms with Crippen LogP contribution in [0.5, 0.6) is 0 Å². The van der Waals surface area contributed by atoms with Crippen molar-refractivity contribution in [2.45, 2.75) is 65.1 Å². The van der Waals surface area contributed by atoms with E-state index >= 15 is 0 Å². The minimum atomic E-state index is 0.132. The van der Waals surface area contributed by atoms with Crippen LogP contribution in [0.1, 0.15) is 52.4 Å². The molecule has 1 aliphatic rings. The lowest BCUT2D eigenvalue weighted by Crippen LogP contribution is -2.66. The summed E-state index contributed by atoms with van der Waals surface area (Å²) in [6.07, 6.45) is 2.00. The van der Waals surface area contributed by atoms with Crippen LogP contribution in [0.2, 0.25) is 5.02 Å². The number of rotatable bonds is 4. The van der Waals surface area contributed by atoms with Gasteiger partial charge in [0.05, 0.1) is 16.4 Å². The highest BCUT2D eigenvalue weighted by molar-refractivity contribution is 6.31. The van der Waals surface area contributed by atoms with E-state index < -0.39 is 0 Å². The van der Waals surface area contributed by atoms with E-state index in [0.717, 1.165) is 48.9 Å². The molecule has 0 aliphatic carbocycles. The molecule has 2 heterocycles. The summed E-state index contributed by atoms with van der Waals surface area (Å²) in [6, 6.07) is 0. The summed E-state index contributed by atoms with van der Waals surface area (Å²) in [6.45, 7) is 14.1. The molecule has 0 spiro atoms. The minimum Gasteiger partial charge on any atom is -0.309 e. The van der Waals surface area contributed by atoms with Crippen LogP contribution >= 0.6 is 11.6 Å². The third kappa shape index (κ3) is 3.27. The average molecular weight is 313 g/mol. The molecule has 21 heavy (non-hydrogen) atoms. The molecule has 1 N–H and O–H groups in total. The summed E-state index contributed by atoms with van der Waals surface area (Å²) in [5.41, 5.74) is 2.43. The zero-order valence-corrected chi connectivity index (χ0v) is 15.0. The fourth-order valence-corrected chi connectivity index (χ4v) is 3.39. The van der Waals surface area contributed by atoms with Crippen molar-refractivity contribution in [2.75, 3.05) is 13.1 Å². The molecule has 1 aliphatic heterocycles. The lowest BCUT2D eigenvalue weighted by molar-refractivity contribution is 0.0158. The Morgan fingerprint density at radius 3 is 2.48 bits per heavy atom. The van der Waals surface area contributed by atoms with Crippen molar-refractivity contribution in [2.24, 2.45) is 7.05 Å². The first-order valence-corrected chi connectivity index (χ1v) is 8.30. The number of aromatic nitrogens is 2. The van der Waals surface area contributed by atoms with Gasteiger partial charge >= 0.3 is 0 Å². The van der Waals surface area contributed by atoms with Crippen LogP contribution in [0.3, 0.4) is 0 Å². The highest BCUT2D eigenvalue weighted by Gasteiger charge is 2.40. The Hall–Kier alpha value is -0.580. The molecule has 2 rings (SSSR count). The van der Waals surface area contributed by atoms with Crippen LogP contribution < -0.4 is 5.32 Å². The Morgan fingerprint density at radius 2 is 1.95 bits per heavy atom. The molecule has 0 saturated carbocycles. The number of piperazine rings is 1. The van der Waals surface area contributed by atoms with Crippen LogP contribution in [0.15, 0.2) is 0 Å². The lowest BCUT2D eigenvalue weighted by atomic mass is 9.88. The second-order valence-corrected chi connectivity index (χ2v) is 7.51. The van der Waals surface area contributed by atoms with Crippen molar-refractivity contribution in [3.8, 4) is 0 Å². The molecule has 120 valence electrons. The fourth-order valence-electron chi connectivity index (χ4n) is 3.03. The zero-order valence-electron chi connectivity index (χ0n) is 14.3. The van der Waals surface area contributed by atoms with Gasteiger partial charge in [0.2, 0.25) is 0 Å². The Bertz CT molecular complexity index is 509. The summed E-state index contributed by atoms with van der Waals surface area (Å²) in [4.78, 5) is 2.56. The molecule has 1 fully saturated rings. The normalized spacial score (nSPS) is 26.2. The smallest absolute Gasteiger partial charge is 0.0863 e. The van der Waals surface area contributed by atoms with E-state index in [2.05, 4.69) is 49.9 Å². The summed E-state index contributed by atoms with van der Waals surface area (Å²) in [7, 11) is 2.00. The number of halogens is 1. The molecule has 1 aromatic rings. The van der Waals surface area contributed by atoms with E-state index in [1.54, 1.807) is 0 Å². The molecule has 0 amide bonds. The van der Waals surface area contributed by atoms with E-state index in [-0.39, 0.29) is 11.1 Å². The Balaban J connectivity index is 2.29. The van der Waals surface area contributed by atoms with Gasteiger partial charge in [-0.05, 0) is 33.6 Å². The molecule has 1 atom stereocenters. The van der Waals surface area contributed by atoms with Crippen molar-refractivity contribution in [1.82, 2.24) is 20.0 Å². The topological polar surface area (TPSA) is 33.1 Å². The van der Waals surface area contributed by atoms with E-state index in [0.29, 0.717) is 0 Å². The van der Waals surface area contributed by atoms with Crippen LogP contribution in [-0.4, -0.2) is 38.8 Å². The summed E-state index contributed by atoms with van der Waals surface area (Å²) >= 11 is 6.53. The van der Waals surface area contributed by atoms with Gasteiger partial charge in [-0.1, -0.05) is 25.4 Å². The molecular formula is C16H29ClN4. The van der Waals surface area contributed by atoms with Crippen molar-refractivity contribution in [3.05, 3.63) is 16.4 Å². The van der Waals surface area contributed by atoms with Crippen molar-refractivity contribution >= 4 is 11.6 Å². The summed E-state index contributed by atoms with van der Waals surface area (Å²) in [5.74, 6) is 0. The minimum absolute atomic E-state index is 0.132. The maximum Gasteiger partial charge on any atom is 0.0863 e. The zero-order chi connectivity index (χ0) is 15.8. The van der Waals surface area contributed by atoms with Crippen molar-refractivity contribution in [1.29, 1.82) is 0 Å². The van der Waals surface area contributed by atoms with Gasteiger partial charge in [-0.15, -0.1) is 0 Å². The van der Waals surface area contributed by atoms with Crippen LogP contribution in [0.25, 0.3) is 0 Å². The van der Waals surface area contributed by atoms with Gasteiger partial charge in [-0.2, -0.15) is 5.10 Å². The van der Waals surface area contributed by atoms with Crippen molar-refractivity contribution in [3.63, 3.8) is 0 Å². The lowest BCUT2D eigenvalue weighted by Gasteiger charge is -2.51. The second kappa shape index (κ2) is 5.90. The van der Waals surface area contributed by atoms with E-state index in [1.165, 1.54) is 0 Å². The molecule has 5 heteroatoms. The highest BCUT2D eigenvalue weighted by Crippen LogP contribution is 2.31. The van der Waals surface area contributed by atoms with Crippen LogP contribution in [0, 0.1) is 0 Å². The van der Waals surface area contributed by atoms with Gasteiger partial charge < -0.3 is 5.32 Å². The monoisotopic (exact) mass is 312 g/mol. The van der Waals surface area contributed by atoms with Gasteiger partial charge in [0.1, 0.15) is 0 Å². The third-order valence-electron chi connectivity index (χ3n) is 4.90. The molecule has 1 aromatic heterocycles. The van der Waals surface area contributed by atoms with Gasteiger partial charge in [-0.3, -0.25) is 9.58 Å². The molecule has 4 nitrogen and oxygen atoms in total. The Labute approximate surface area is 133 Å². The molecule has 0 bridgehead atoms. The van der Waals surface area contributed by atoms with Gasteiger partial charge in [0.15, 0.2) is 0 Å². The van der Waals surface area contributed by atoms with Crippen LogP contribution in [-0.2, 0) is 20.0 Å². The molecule has 1 saturated heterocycles. The standard InChI is InChI=1S/C16H29ClN4/c1-7-12-14(17)13(20(6)19-12)9-21-11-15(3,4)18-10-16(21,5)8-2/h18H,7-11H2,1-6H3. The van der Waals surface area contributed by atoms with Gasteiger partial charge in [0.25, 0.3) is 0 Å². The molecule has 1 unspecified atom stereocenters. The number of hydrogen-bond donors (Lipinski definition) is 1. The average Bonchev–Trinajstić information content (AvgIpc) is 2.70. The maximum atomic E-state index is 6.53. The Kier molecular flexibility index (Phi) is 4.72. The van der Waals surface area contributed by atoms with Gasteiger partial charge in [0, 0.05) is 37.8 Å². The number of aryl methyl sites for hydroxylation is 2. The number of nitrogens with zero attached hydrogens (tertiary/aromatic N) is 3. The number of hydrogen-bond acceptors (Lipinski definition) is 3. The van der Waals surface area contributed by atoms with Gasteiger partial charge in [-0.25, -0.2) is 0 Å². The first-order chi connectivity index (χ1) is 9.72. The fraction of sp³-hybridized carbons (Fsp3) is 0.812.